The number of hydrazine groups is 1. The molecular weight excluding hydrogens is 268 g/mol. The zero-order chi connectivity index (χ0) is 14.4. The van der Waals surface area contributed by atoms with Crippen LogP contribution in [0.4, 0.5) is 11.8 Å². The van der Waals surface area contributed by atoms with Gasteiger partial charge in [0.05, 0.1) is 6.20 Å². The van der Waals surface area contributed by atoms with E-state index in [0.717, 1.165) is 0 Å². The Labute approximate surface area is 117 Å². The predicted octanol–water partition coefficient (Wildman–Crippen LogP) is 0.988. The molecule has 1 amide bonds. The van der Waals surface area contributed by atoms with Crippen molar-refractivity contribution < 1.29 is 4.79 Å². The Morgan fingerprint density at radius 1 is 1.47 bits per heavy atom. The second kappa shape index (κ2) is 7.10. The minimum Gasteiger partial charge on any atom is -0.357 e. The van der Waals surface area contributed by atoms with Gasteiger partial charge in [0, 0.05) is 6.54 Å². The summed E-state index contributed by atoms with van der Waals surface area (Å²) in [7, 11) is 0. The highest BCUT2D eigenvalue weighted by molar-refractivity contribution is 6.32. The van der Waals surface area contributed by atoms with Crippen molar-refractivity contribution in [2.75, 3.05) is 17.3 Å². The SMILES string of the molecule is CC(C)CNC(=O)C(C)Nc1nc(NN)ncc1Cl. The Morgan fingerprint density at radius 2 is 2.16 bits per heavy atom. The van der Waals surface area contributed by atoms with Crippen LogP contribution in [0.25, 0.3) is 0 Å². The molecule has 5 N–H and O–H groups in total. The molecule has 0 bridgehead atoms. The summed E-state index contributed by atoms with van der Waals surface area (Å²) in [6, 6.07) is -0.461. The number of halogens is 1. The van der Waals surface area contributed by atoms with Crippen LogP contribution in [0.3, 0.4) is 0 Å². The number of hydrogen-bond acceptors (Lipinski definition) is 6. The van der Waals surface area contributed by atoms with Gasteiger partial charge in [-0.05, 0) is 12.8 Å². The molecule has 0 spiro atoms. The van der Waals surface area contributed by atoms with Crippen molar-refractivity contribution in [1.29, 1.82) is 0 Å². The van der Waals surface area contributed by atoms with E-state index < -0.39 is 6.04 Å². The van der Waals surface area contributed by atoms with E-state index in [9.17, 15) is 4.79 Å². The average Bonchev–Trinajstić information content (AvgIpc) is 2.38. The van der Waals surface area contributed by atoms with Crippen LogP contribution in [-0.2, 0) is 4.79 Å². The Kier molecular flexibility index (Phi) is 5.78. The third-order valence-electron chi connectivity index (χ3n) is 2.30. The fourth-order valence-electron chi connectivity index (χ4n) is 1.27. The molecule has 0 fully saturated rings. The lowest BCUT2D eigenvalue weighted by atomic mass is 10.2. The van der Waals surface area contributed by atoms with Crippen molar-refractivity contribution in [3.05, 3.63) is 11.2 Å². The van der Waals surface area contributed by atoms with Crippen molar-refractivity contribution in [1.82, 2.24) is 15.3 Å². The maximum atomic E-state index is 11.8. The second-order valence-corrected chi connectivity index (χ2v) is 4.95. The highest BCUT2D eigenvalue weighted by Gasteiger charge is 2.15. The summed E-state index contributed by atoms with van der Waals surface area (Å²) in [5.41, 5.74) is 2.32. The molecule has 0 aliphatic rings. The molecule has 1 atom stereocenters. The zero-order valence-electron chi connectivity index (χ0n) is 11.2. The molecule has 1 rings (SSSR count). The van der Waals surface area contributed by atoms with Crippen molar-refractivity contribution in [2.45, 2.75) is 26.8 Å². The van der Waals surface area contributed by atoms with Crippen LogP contribution < -0.4 is 21.9 Å². The van der Waals surface area contributed by atoms with Crippen LogP contribution in [-0.4, -0.2) is 28.5 Å². The van der Waals surface area contributed by atoms with Crippen LogP contribution in [0.2, 0.25) is 5.02 Å². The van der Waals surface area contributed by atoms with Gasteiger partial charge in [0.15, 0.2) is 5.82 Å². The third-order valence-corrected chi connectivity index (χ3v) is 2.58. The number of nitrogens with two attached hydrogens (primary N) is 1. The topological polar surface area (TPSA) is 105 Å². The van der Waals surface area contributed by atoms with Gasteiger partial charge in [-0.15, -0.1) is 0 Å². The lowest BCUT2D eigenvalue weighted by molar-refractivity contribution is -0.121. The fourth-order valence-corrected chi connectivity index (χ4v) is 1.41. The molecule has 7 nitrogen and oxygen atoms in total. The van der Waals surface area contributed by atoms with Gasteiger partial charge in [-0.1, -0.05) is 25.4 Å². The number of anilines is 2. The summed E-state index contributed by atoms with van der Waals surface area (Å²) in [4.78, 5) is 19.7. The molecule has 1 aromatic rings. The maximum Gasteiger partial charge on any atom is 0.242 e. The quantitative estimate of drug-likeness (QED) is 0.459. The van der Waals surface area contributed by atoms with E-state index in [1.54, 1.807) is 6.92 Å². The highest BCUT2D eigenvalue weighted by atomic mass is 35.5. The Balaban J connectivity index is 2.65. The van der Waals surface area contributed by atoms with Crippen molar-refractivity contribution in [2.24, 2.45) is 11.8 Å². The number of aromatic nitrogens is 2. The molecule has 1 aromatic heterocycles. The van der Waals surface area contributed by atoms with E-state index in [-0.39, 0.29) is 11.9 Å². The summed E-state index contributed by atoms with van der Waals surface area (Å²) in [5, 5.41) is 6.06. The molecule has 0 aromatic carbocycles. The van der Waals surface area contributed by atoms with E-state index in [1.807, 2.05) is 13.8 Å². The molecule has 0 aliphatic carbocycles. The van der Waals surface area contributed by atoms with Gasteiger partial charge < -0.3 is 10.6 Å². The van der Waals surface area contributed by atoms with Gasteiger partial charge in [-0.2, -0.15) is 4.98 Å². The fraction of sp³-hybridized carbons (Fsp3) is 0.545. The molecule has 0 saturated carbocycles. The highest BCUT2D eigenvalue weighted by Crippen LogP contribution is 2.19. The molecule has 0 radical (unpaired) electrons. The average molecular weight is 287 g/mol. The molecular formula is C11H19ClN6O. The Hall–Kier alpha value is -1.60. The Morgan fingerprint density at radius 3 is 2.74 bits per heavy atom. The normalized spacial score (nSPS) is 12.1. The first-order valence-electron chi connectivity index (χ1n) is 5.97. The van der Waals surface area contributed by atoms with Gasteiger partial charge in [0.1, 0.15) is 11.1 Å². The monoisotopic (exact) mass is 286 g/mol. The number of nitrogens with zero attached hydrogens (tertiary/aromatic N) is 2. The number of nitrogens with one attached hydrogen (secondary N) is 3. The largest absolute Gasteiger partial charge is 0.357 e. The standard InChI is InChI=1S/C11H19ClN6O/c1-6(2)4-14-10(19)7(3)16-9-8(12)5-15-11(17-9)18-13/h5-7H,4,13H2,1-3H3,(H,14,19)(H2,15,16,17,18). The van der Waals surface area contributed by atoms with E-state index in [2.05, 4.69) is 26.0 Å². The zero-order valence-corrected chi connectivity index (χ0v) is 12.0. The molecule has 1 heterocycles. The molecule has 19 heavy (non-hydrogen) atoms. The second-order valence-electron chi connectivity index (χ2n) is 4.54. The van der Waals surface area contributed by atoms with Crippen LogP contribution in [0.5, 0.6) is 0 Å². The van der Waals surface area contributed by atoms with Gasteiger partial charge in [-0.3, -0.25) is 10.2 Å². The van der Waals surface area contributed by atoms with E-state index in [1.165, 1.54) is 6.20 Å². The van der Waals surface area contributed by atoms with Crippen molar-refractivity contribution in [3.63, 3.8) is 0 Å². The predicted molar refractivity (Wildman–Crippen MR) is 75.8 cm³/mol. The first-order chi connectivity index (χ1) is 8.93. The van der Waals surface area contributed by atoms with E-state index in [0.29, 0.717) is 23.3 Å². The lowest BCUT2D eigenvalue weighted by Gasteiger charge is -2.16. The van der Waals surface area contributed by atoms with Gasteiger partial charge in [0.25, 0.3) is 0 Å². The smallest absolute Gasteiger partial charge is 0.242 e. The van der Waals surface area contributed by atoms with Gasteiger partial charge in [-0.25, -0.2) is 10.8 Å². The molecule has 0 saturated heterocycles. The molecule has 0 aliphatic heterocycles. The van der Waals surface area contributed by atoms with Gasteiger partial charge >= 0.3 is 0 Å². The summed E-state index contributed by atoms with van der Waals surface area (Å²) < 4.78 is 0. The number of nitrogen functional groups attached to an aromatic ring is 1. The maximum absolute atomic E-state index is 11.8. The minimum atomic E-state index is -0.461. The number of hydrogen-bond donors (Lipinski definition) is 4. The Bertz CT molecular complexity index is 439. The number of amides is 1. The minimum absolute atomic E-state index is 0.120. The third kappa shape index (κ3) is 4.88. The first kappa shape index (κ1) is 15.5. The van der Waals surface area contributed by atoms with E-state index >= 15 is 0 Å². The number of carbonyl (C=O) groups excluding carboxylic acids is 1. The summed E-state index contributed by atoms with van der Waals surface area (Å²) >= 11 is 5.94. The summed E-state index contributed by atoms with van der Waals surface area (Å²) in [5.74, 6) is 6.07. The summed E-state index contributed by atoms with van der Waals surface area (Å²) in [6.07, 6.45) is 1.41. The van der Waals surface area contributed by atoms with Gasteiger partial charge in [0.2, 0.25) is 11.9 Å². The van der Waals surface area contributed by atoms with E-state index in [4.69, 9.17) is 17.4 Å². The lowest BCUT2D eigenvalue weighted by Crippen LogP contribution is -2.39. The van der Waals surface area contributed by atoms with Crippen LogP contribution >= 0.6 is 11.6 Å². The van der Waals surface area contributed by atoms with Crippen LogP contribution in [0.1, 0.15) is 20.8 Å². The molecule has 8 heteroatoms. The van der Waals surface area contributed by atoms with Crippen LogP contribution in [0, 0.1) is 5.92 Å². The van der Waals surface area contributed by atoms with Crippen LogP contribution in [0.15, 0.2) is 6.20 Å². The first-order valence-corrected chi connectivity index (χ1v) is 6.35. The number of carbonyl (C=O) groups is 1. The van der Waals surface area contributed by atoms with Crippen molar-refractivity contribution in [3.8, 4) is 0 Å². The summed E-state index contributed by atoms with van der Waals surface area (Å²) in [6.45, 7) is 6.40. The molecule has 1 unspecified atom stereocenters. The van der Waals surface area contributed by atoms with Crippen molar-refractivity contribution >= 4 is 29.3 Å². The molecule has 106 valence electrons. The number of rotatable bonds is 6.